The van der Waals surface area contributed by atoms with Crippen LogP contribution in [0.4, 0.5) is 14.5 Å². The van der Waals surface area contributed by atoms with E-state index in [4.69, 9.17) is 0 Å². The fraction of sp³-hybridized carbons (Fsp3) is 0.0714. The molecule has 1 amide bonds. The first-order chi connectivity index (χ1) is 8.65. The molecule has 0 saturated carbocycles. The van der Waals surface area contributed by atoms with Crippen molar-refractivity contribution in [3.05, 3.63) is 65.7 Å². The molecule has 0 aromatic heterocycles. The number of nitrogens with one attached hydrogen (secondary N) is 1. The fourth-order valence-corrected chi connectivity index (χ4v) is 1.59. The van der Waals surface area contributed by atoms with E-state index >= 15 is 0 Å². The first kappa shape index (κ1) is 12.2. The molecule has 0 atom stereocenters. The number of benzene rings is 2. The average molecular weight is 247 g/mol. The number of hydrogen-bond acceptors (Lipinski definition) is 1. The molecular weight excluding hydrogens is 236 g/mol. The fourth-order valence-electron chi connectivity index (χ4n) is 1.59. The molecule has 18 heavy (non-hydrogen) atoms. The lowest BCUT2D eigenvalue weighted by atomic mass is 10.1. The standard InChI is InChI=1S/C14H11F2NO/c15-11-5-3-4-10(8-11)9-14(18)17-13-7-2-1-6-12(13)16/h1-8H,9H2,(H,17,18). The van der Waals surface area contributed by atoms with Crippen molar-refractivity contribution in [3.8, 4) is 0 Å². The van der Waals surface area contributed by atoms with Gasteiger partial charge < -0.3 is 5.32 Å². The van der Waals surface area contributed by atoms with Crippen molar-refractivity contribution < 1.29 is 13.6 Å². The van der Waals surface area contributed by atoms with Gasteiger partial charge in [-0.1, -0.05) is 24.3 Å². The summed E-state index contributed by atoms with van der Waals surface area (Å²) < 4.78 is 26.2. The number of carbonyl (C=O) groups is 1. The number of hydrogen-bond donors (Lipinski definition) is 1. The average Bonchev–Trinajstić information content (AvgIpc) is 2.32. The molecule has 0 spiro atoms. The second kappa shape index (κ2) is 5.40. The minimum absolute atomic E-state index is 0.00605. The van der Waals surface area contributed by atoms with Gasteiger partial charge in [0.1, 0.15) is 11.6 Å². The Kier molecular flexibility index (Phi) is 3.67. The number of rotatable bonds is 3. The van der Waals surface area contributed by atoms with Gasteiger partial charge in [0.2, 0.25) is 5.91 Å². The van der Waals surface area contributed by atoms with Crippen molar-refractivity contribution in [1.29, 1.82) is 0 Å². The van der Waals surface area contributed by atoms with E-state index in [1.54, 1.807) is 12.1 Å². The molecule has 2 rings (SSSR count). The monoisotopic (exact) mass is 247 g/mol. The lowest BCUT2D eigenvalue weighted by Gasteiger charge is -2.06. The first-order valence-electron chi connectivity index (χ1n) is 5.44. The second-order valence-corrected chi connectivity index (χ2v) is 3.83. The molecule has 2 nitrogen and oxygen atoms in total. The summed E-state index contributed by atoms with van der Waals surface area (Å²) in [6, 6.07) is 11.7. The highest BCUT2D eigenvalue weighted by Gasteiger charge is 2.07. The summed E-state index contributed by atoms with van der Waals surface area (Å²) in [6.45, 7) is 0. The van der Waals surface area contributed by atoms with E-state index in [9.17, 15) is 13.6 Å². The predicted octanol–water partition coefficient (Wildman–Crippen LogP) is 3.15. The van der Waals surface area contributed by atoms with Crippen LogP contribution in [0.15, 0.2) is 48.5 Å². The lowest BCUT2D eigenvalue weighted by molar-refractivity contribution is -0.115. The van der Waals surface area contributed by atoms with Gasteiger partial charge in [-0.2, -0.15) is 0 Å². The van der Waals surface area contributed by atoms with Crippen LogP contribution in [0.5, 0.6) is 0 Å². The summed E-state index contributed by atoms with van der Waals surface area (Å²) in [5.74, 6) is -1.28. The molecule has 0 aliphatic carbocycles. The largest absolute Gasteiger partial charge is 0.323 e. The smallest absolute Gasteiger partial charge is 0.228 e. The van der Waals surface area contributed by atoms with Gasteiger partial charge in [-0.05, 0) is 29.8 Å². The first-order valence-corrected chi connectivity index (χ1v) is 5.44. The van der Waals surface area contributed by atoms with E-state index < -0.39 is 11.6 Å². The van der Waals surface area contributed by atoms with Crippen molar-refractivity contribution in [2.24, 2.45) is 0 Å². The number of para-hydroxylation sites is 1. The third kappa shape index (κ3) is 3.13. The van der Waals surface area contributed by atoms with Crippen LogP contribution in [-0.2, 0) is 11.2 Å². The van der Waals surface area contributed by atoms with Crippen LogP contribution in [0.2, 0.25) is 0 Å². The van der Waals surface area contributed by atoms with Gasteiger partial charge in [-0.15, -0.1) is 0 Å². The number of halogens is 2. The van der Waals surface area contributed by atoms with Crippen molar-refractivity contribution in [1.82, 2.24) is 0 Å². The topological polar surface area (TPSA) is 29.1 Å². The molecular formula is C14H11F2NO. The molecule has 0 radical (unpaired) electrons. The minimum Gasteiger partial charge on any atom is -0.323 e. The maximum atomic E-state index is 13.3. The molecule has 0 fully saturated rings. The Bertz CT molecular complexity index is 569. The van der Waals surface area contributed by atoms with Gasteiger partial charge in [-0.3, -0.25) is 4.79 Å². The molecule has 2 aromatic rings. The van der Waals surface area contributed by atoms with E-state index in [2.05, 4.69) is 5.32 Å². The van der Waals surface area contributed by atoms with Crippen LogP contribution in [0.1, 0.15) is 5.56 Å². The number of anilines is 1. The zero-order chi connectivity index (χ0) is 13.0. The molecule has 0 heterocycles. The summed E-state index contributed by atoms with van der Waals surface area (Å²) >= 11 is 0. The van der Waals surface area contributed by atoms with Gasteiger partial charge in [0.25, 0.3) is 0 Å². The van der Waals surface area contributed by atoms with Crippen LogP contribution >= 0.6 is 0 Å². The quantitative estimate of drug-likeness (QED) is 0.886. The van der Waals surface area contributed by atoms with E-state index in [1.807, 2.05) is 0 Å². The van der Waals surface area contributed by atoms with Crippen LogP contribution in [-0.4, -0.2) is 5.91 Å². The van der Waals surface area contributed by atoms with Crippen LogP contribution in [0.25, 0.3) is 0 Å². The highest BCUT2D eigenvalue weighted by Crippen LogP contribution is 2.13. The Labute approximate surface area is 103 Å². The summed E-state index contributed by atoms with van der Waals surface area (Å²) in [5, 5.41) is 2.44. The molecule has 0 saturated heterocycles. The maximum Gasteiger partial charge on any atom is 0.228 e. The third-order valence-corrected chi connectivity index (χ3v) is 2.40. The van der Waals surface area contributed by atoms with Gasteiger partial charge in [0.15, 0.2) is 0 Å². The van der Waals surface area contributed by atoms with Gasteiger partial charge in [0, 0.05) is 0 Å². The van der Waals surface area contributed by atoms with Crippen molar-refractivity contribution in [2.45, 2.75) is 6.42 Å². The molecule has 0 aliphatic rings. The number of amides is 1. The Morgan fingerprint density at radius 1 is 1.06 bits per heavy atom. The summed E-state index contributed by atoms with van der Waals surface area (Å²) in [5.41, 5.74) is 0.669. The van der Waals surface area contributed by atoms with E-state index in [-0.39, 0.29) is 18.0 Å². The number of carbonyl (C=O) groups excluding carboxylic acids is 1. The van der Waals surface area contributed by atoms with Crippen molar-refractivity contribution >= 4 is 11.6 Å². The molecule has 1 N–H and O–H groups in total. The summed E-state index contributed by atoms with van der Waals surface area (Å²) in [7, 11) is 0. The zero-order valence-electron chi connectivity index (χ0n) is 9.49. The molecule has 2 aromatic carbocycles. The van der Waals surface area contributed by atoms with Gasteiger partial charge >= 0.3 is 0 Å². The third-order valence-electron chi connectivity index (χ3n) is 2.40. The summed E-state index contributed by atoms with van der Waals surface area (Å²) in [4.78, 5) is 11.6. The minimum atomic E-state index is -0.495. The second-order valence-electron chi connectivity index (χ2n) is 3.83. The maximum absolute atomic E-state index is 13.3. The van der Waals surface area contributed by atoms with Crippen LogP contribution < -0.4 is 5.32 Å². The van der Waals surface area contributed by atoms with Gasteiger partial charge in [0.05, 0.1) is 12.1 Å². The zero-order valence-corrected chi connectivity index (χ0v) is 9.49. The highest BCUT2D eigenvalue weighted by molar-refractivity contribution is 5.92. The molecule has 0 aliphatic heterocycles. The predicted molar refractivity (Wildman–Crippen MR) is 65.1 cm³/mol. The molecule has 0 bridgehead atoms. The van der Waals surface area contributed by atoms with Crippen molar-refractivity contribution in [3.63, 3.8) is 0 Å². The Hall–Kier alpha value is -2.23. The van der Waals surface area contributed by atoms with E-state index in [0.717, 1.165) is 0 Å². The highest BCUT2D eigenvalue weighted by atomic mass is 19.1. The SMILES string of the molecule is O=C(Cc1cccc(F)c1)Nc1ccccc1F. The Morgan fingerprint density at radius 2 is 1.83 bits per heavy atom. The molecule has 92 valence electrons. The summed E-state index contributed by atoms with van der Waals surface area (Å²) in [6.07, 6.45) is 0.00605. The van der Waals surface area contributed by atoms with E-state index in [1.165, 1.54) is 36.4 Å². The molecule has 4 heteroatoms. The van der Waals surface area contributed by atoms with Crippen molar-refractivity contribution in [2.75, 3.05) is 5.32 Å². The molecule has 0 unspecified atom stereocenters. The van der Waals surface area contributed by atoms with Gasteiger partial charge in [-0.25, -0.2) is 8.78 Å². The Balaban J connectivity index is 2.03. The Morgan fingerprint density at radius 3 is 2.56 bits per heavy atom. The van der Waals surface area contributed by atoms with Crippen LogP contribution in [0.3, 0.4) is 0 Å². The van der Waals surface area contributed by atoms with E-state index in [0.29, 0.717) is 5.56 Å². The lowest BCUT2D eigenvalue weighted by Crippen LogP contribution is -2.15. The van der Waals surface area contributed by atoms with Crippen LogP contribution in [0, 0.1) is 11.6 Å². The normalized spacial score (nSPS) is 10.1.